The molecule has 3 N–H and O–H groups in total. The van der Waals surface area contributed by atoms with Gasteiger partial charge in [0.15, 0.2) is 0 Å². The number of hydrogen-bond acceptors (Lipinski definition) is 2. The van der Waals surface area contributed by atoms with E-state index in [9.17, 15) is 9.18 Å². The highest BCUT2D eigenvalue weighted by Gasteiger charge is 2.19. The van der Waals surface area contributed by atoms with Crippen LogP contribution in [0, 0.1) is 5.82 Å². The van der Waals surface area contributed by atoms with Gasteiger partial charge in [-0.25, -0.2) is 4.39 Å². The highest BCUT2D eigenvalue weighted by Crippen LogP contribution is 2.24. The third-order valence-corrected chi connectivity index (χ3v) is 2.38. The summed E-state index contributed by atoms with van der Waals surface area (Å²) in [7, 11) is 0. The molecule has 1 rings (SSSR count). The van der Waals surface area contributed by atoms with Crippen molar-refractivity contribution in [2.75, 3.05) is 5.73 Å². The quantitative estimate of drug-likeness (QED) is 0.595. The molecule has 1 aromatic rings. The van der Waals surface area contributed by atoms with Crippen molar-refractivity contribution in [1.82, 2.24) is 0 Å². The first-order chi connectivity index (χ1) is 7.56. The summed E-state index contributed by atoms with van der Waals surface area (Å²) in [5.41, 5.74) is 5.78. The summed E-state index contributed by atoms with van der Waals surface area (Å²) in [6, 6.07) is 4.10. The molecular weight excluding hydrogens is 209 g/mol. The Morgan fingerprint density at radius 3 is 2.81 bits per heavy atom. The molecule has 0 aromatic heterocycles. The monoisotopic (exact) mass is 223 g/mol. The molecule has 0 heterocycles. The molecule has 1 atom stereocenters. The third-order valence-electron chi connectivity index (χ3n) is 2.38. The van der Waals surface area contributed by atoms with Crippen molar-refractivity contribution in [3.05, 3.63) is 42.2 Å². The highest BCUT2D eigenvalue weighted by molar-refractivity contribution is 5.76. The highest BCUT2D eigenvalue weighted by atomic mass is 19.1. The number of anilines is 1. The Labute approximate surface area is 93.4 Å². The normalized spacial score (nSPS) is 12.1. The summed E-state index contributed by atoms with van der Waals surface area (Å²) in [6.45, 7) is 3.53. The van der Waals surface area contributed by atoms with Gasteiger partial charge in [-0.15, -0.1) is 6.58 Å². The number of nitrogen functional groups attached to an aromatic ring is 1. The number of hydrogen-bond donors (Lipinski definition) is 2. The van der Waals surface area contributed by atoms with E-state index in [-0.39, 0.29) is 5.69 Å². The fourth-order valence-electron chi connectivity index (χ4n) is 1.48. The Hall–Kier alpha value is -1.84. The molecule has 0 radical (unpaired) electrons. The van der Waals surface area contributed by atoms with Crippen LogP contribution in [0.3, 0.4) is 0 Å². The van der Waals surface area contributed by atoms with Gasteiger partial charge in [-0.3, -0.25) is 4.79 Å². The zero-order valence-electron chi connectivity index (χ0n) is 8.82. The molecular formula is C12H14FNO2. The molecule has 0 amide bonds. The topological polar surface area (TPSA) is 63.3 Å². The number of nitrogens with two attached hydrogens (primary N) is 1. The molecule has 0 aliphatic heterocycles. The van der Waals surface area contributed by atoms with E-state index in [2.05, 4.69) is 6.58 Å². The number of allylic oxidation sites excluding steroid dienone is 1. The summed E-state index contributed by atoms with van der Waals surface area (Å²) in [4.78, 5) is 11.0. The van der Waals surface area contributed by atoms with Crippen LogP contribution in [0.4, 0.5) is 10.1 Å². The minimum atomic E-state index is -0.967. The zero-order chi connectivity index (χ0) is 12.1. The van der Waals surface area contributed by atoms with Gasteiger partial charge in [0, 0.05) is 0 Å². The molecule has 1 aromatic carbocycles. The van der Waals surface area contributed by atoms with Gasteiger partial charge >= 0.3 is 5.97 Å². The molecule has 4 heteroatoms. The van der Waals surface area contributed by atoms with Crippen LogP contribution in [0.1, 0.15) is 24.3 Å². The Kier molecular flexibility index (Phi) is 4.05. The van der Waals surface area contributed by atoms with Crippen molar-refractivity contribution in [2.24, 2.45) is 0 Å². The lowest BCUT2D eigenvalue weighted by molar-refractivity contribution is -0.138. The number of rotatable bonds is 5. The van der Waals surface area contributed by atoms with Crippen LogP contribution in [0.2, 0.25) is 0 Å². The van der Waals surface area contributed by atoms with E-state index < -0.39 is 17.7 Å². The maximum absolute atomic E-state index is 13.2. The standard InChI is InChI=1S/C12H14FNO2/c1-2-3-4-9(12(15)16)8-5-6-11(14)10(13)7-8/h2,5-7,9H,1,3-4,14H2,(H,15,16). The molecule has 0 bridgehead atoms. The largest absolute Gasteiger partial charge is 0.481 e. The van der Waals surface area contributed by atoms with E-state index in [0.717, 1.165) is 0 Å². The number of carboxylic acids is 1. The Bertz CT molecular complexity index is 404. The van der Waals surface area contributed by atoms with Crippen LogP contribution < -0.4 is 5.73 Å². The van der Waals surface area contributed by atoms with Crippen LogP contribution in [-0.4, -0.2) is 11.1 Å². The Morgan fingerprint density at radius 1 is 1.62 bits per heavy atom. The van der Waals surface area contributed by atoms with Crippen molar-refractivity contribution < 1.29 is 14.3 Å². The van der Waals surface area contributed by atoms with E-state index in [4.69, 9.17) is 10.8 Å². The van der Waals surface area contributed by atoms with Crippen LogP contribution in [0.5, 0.6) is 0 Å². The number of carbonyl (C=O) groups is 1. The molecule has 16 heavy (non-hydrogen) atoms. The first kappa shape index (κ1) is 12.2. The van der Waals surface area contributed by atoms with Gasteiger partial charge in [-0.2, -0.15) is 0 Å². The van der Waals surface area contributed by atoms with Gasteiger partial charge < -0.3 is 10.8 Å². The smallest absolute Gasteiger partial charge is 0.310 e. The molecule has 0 aliphatic carbocycles. The lowest BCUT2D eigenvalue weighted by atomic mass is 9.94. The second-order valence-corrected chi connectivity index (χ2v) is 3.54. The first-order valence-corrected chi connectivity index (χ1v) is 4.95. The molecule has 0 saturated carbocycles. The van der Waals surface area contributed by atoms with Gasteiger partial charge in [0.05, 0.1) is 11.6 Å². The summed E-state index contributed by atoms with van der Waals surface area (Å²) >= 11 is 0. The maximum atomic E-state index is 13.2. The van der Waals surface area contributed by atoms with Crippen molar-refractivity contribution in [1.29, 1.82) is 0 Å². The number of aliphatic carboxylic acids is 1. The molecule has 86 valence electrons. The molecule has 0 fully saturated rings. The van der Waals surface area contributed by atoms with Crippen LogP contribution in [0.15, 0.2) is 30.9 Å². The minimum Gasteiger partial charge on any atom is -0.481 e. The van der Waals surface area contributed by atoms with Crippen LogP contribution >= 0.6 is 0 Å². The fourth-order valence-corrected chi connectivity index (χ4v) is 1.48. The Balaban J connectivity index is 2.96. The van der Waals surface area contributed by atoms with Crippen molar-refractivity contribution in [3.63, 3.8) is 0 Å². The van der Waals surface area contributed by atoms with E-state index in [1.165, 1.54) is 12.1 Å². The lowest BCUT2D eigenvalue weighted by Gasteiger charge is -2.12. The Morgan fingerprint density at radius 2 is 2.31 bits per heavy atom. The van der Waals surface area contributed by atoms with Gasteiger partial charge in [0.1, 0.15) is 5.82 Å². The van der Waals surface area contributed by atoms with E-state index in [1.807, 2.05) is 0 Å². The minimum absolute atomic E-state index is 0.0246. The maximum Gasteiger partial charge on any atom is 0.310 e. The summed E-state index contributed by atoms with van der Waals surface area (Å²) in [5.74, 6) is -2.26. The number of carboxylic acid groups (broad SMARTS) is 1. The first-order valence-electron chi connectivity index (χ1n) is 4.95. The van der Waals surface area contributed by atoms with Gasteiger partial charge in [0.25, 0.3) is 0 Å². The summed E-state index contributed by atoms with van der Waals surface area (Å²) in [6.07, 6.45) is 2.62. The molecule has 0 saturated heterocycles. The number of benzene rings is 1. The average Bonchev–Trinajstić information content (AvgIpc) is 2.23. The average molecular weight is 223 g/mol. The van der Waals surface area contributed by atoms with Crippen LogP contribution in [0.25, 0.3) is 0 Å². The summed E-state index contributed by atoms with van der Waals surface area (Å²) < 4.78 is 13.2. The van der Waals surface area contributed by atoms with Gasteiger partial charge in [-0.05, 0) is 30.5 Å². The van der Waals surface area contributed by atoms with Gasteiger partial charge in [-0.1, -0.05) is 12.1 Å². The second-order valence-electron chi connectivity index (χ2n) is 3.54. The molecule has 1 unspecified atom stereocenters. The van der Waals surface area contributed by atoms with Crippen molar-refractivity contribution in [2.45, 2.75) is 18.8 Å². The van der Waals surface area contributed by atoms with Crippen molar-refractivity contribution >= 4 is 11.7 Å². The molecule has 3 nitrogen and oxygen atoms in total. The third kappa shape index (κ3) is 2.82. The summed E-state index contributed by atoms with van der Waals surface area (Å²) in [5, 5.41) is 9.03. The molecule has 0 spiro atoms. The van der Waals surface area contributed by atoms with Gasteiger partial charge in [0.2, 0.25) is 0 Å². The molecule has 0 aliphatic rings. The SMILES string of the molecule is C=CCCC(C(=O)O)c1ccc(N)c(F)c1. The lowest BCUT2D eigenvalue weighted by Crippen LogP contribution is -2.12. The predicted molar refractivity (Wildman–Crippen MR) is 60.6 cm³/mol. The number of halogens is 1. The van der Waals surface area contributed by atoms with Crippen molar-refractivity contribution in [3.8, 4) is 0 Å². The second kappa shape index (κ2) is 5.30. The van der Waals surface area contributed by atoms with E-state index in [1.54, 1.807) is 12.1 Å². The van der Waals surface area contributed by atoms with Crippen LogP contribution in [-0.2, 0) is 4.79 Å². The fraction of sp³-hybridized carbons (Fsp3) is 0.250. The predicted octanol–water partition coefficient (Wildman–Crippen LogP) is 2.54. The van der Waals surface area contributed by atoms with E-state index in [0.29, 0.717) is 18.4 Å². The zero-order valence-corrected chi connectivity index (χ0v) is 8.82. The van der Waals surface area contributed by atoms with E-state index >= 15 is 0 Å².